The number of nitrogens with one attached hydrogen (secondary N) is 2. The minimum atomic E-state index is -0.406. The molecule has 0 saturated carbocycles. The number of anilines is 1. The molecule has 0 spiro atoms. The Morgan fingerprint density at radius 1 is 0.900 bits per heavy atom. The Bertz CT molecular complexity index is 898. The molecule has 2 heterocycles. The molecular formula is C24H29N5O. The van der Waals surface area contributed by atoms with Crippen LogP contribution >= 0.6 is 0 Å². The number of aromatic nitrogens is 2. The Kier molecular flexibility index (Phi) is 7.92. The quantitative estimate of drug-likeness (QED) is 0.545. The number of pyridine rings is 2. The predicted molar refractivity (Wildman–Crippen MR) is 120 cm³/mol. The van der Waals surface area contributed by atoms with E-state index in [4.69, 9.17) is 0 Å². The van der Waals surface area contributed by atoms with Crippen molar-refractivity contribution in [1.82, 2.24) is 20.6 Å². The normalized spacial score (nSPS) is 11.7. The van der Waals surface area contributed by atoms with Crippen molar-refractivity contribution in [2.24, 2.45) is 0 Å². The van der Waals surface area contributed by atoms with Gasteiger partial charge in [-0.05, 0) is 59.9 Å². The van der Waals surface area contributed by atoms with Crippen LogP contribution in [-0.2, 0) is 17.6 Å². The Labute approximate surface area is 178 Å². The average Bonchev–Trinajstić information content (AvgIpc) is 2.78. The summed E-state index contributed by atoms with van der Waals surface area (Å²) in [5.74, 6) is -0.0220. The summed E-state index contributed by atoms with van der Waals surface area (Å²) < 4.78 is 0. The van der Waals surface area contributed by atoms with E-state index >= 15 is 0 Å². The lowest BCUT2D eigenvalue weighted by Crippen LogP contribution is -2.39. The van der Waals surface area contributed by atoms with Crippen molar-refractivity contribution < 1.29 is 4.79 Å². The molecule has 0 radical (unpaired) electrons. The lowest BCUT2D eigenvalue weighted by molar-refractivity contribution is -0.123. The van der Waals surface area contributed by atoms with Gasteiger partial charge in [-0.3, -0.25) is 14.8 Å². The third kappa shape index (κ3) is 6.39. The van der Waals surface area contributed by atoms with Gasteiger partial charge in [0, 0.05) is 57.7 Å². The van der Waals surface area contributed by atoms with Crippen molar-refractivity contribution in [3.63, 3.8) is 0 Å². The molecule has 0 aliphatic heterocycles. The summed E-state index contributed by atoms with van der Waals surface area (Å²) in [5.41, 5.74) is 4.35. The first-order chi connectivity index (χ1) is 14.6. The molecule has 2 aromatic heterocycles. The van der Waals surface area contributed by atoms with Crippen LogP contribution in [0.3, 0.4) is 0 Å². The van der Waals surface area contributed by atoms with Gasteiger partial charge in [-0.25, -0.2) is 0 Å². The summed E-state index contributed by atoms with van der Waals surface area (Å²) in [5, 5.41) is 6.49. The van der Waals surface area contributed by atoms with Crippen molar-refractivity contribution in [2.45, 2.75) is 18.9 Å². The van der Waals surface area contributed by atoms with E-state index in [1.807, 2.05) is 73.7 Å². The SMILES string of the molecule is CN(C)c1ccc(C(NCCc2ccncc2)C(=O)NCCc2cccnc2)cc1. The molecule has 1 aromatic carbocycles. The Morgan fingerprint density at radius 2 is 1.63 bits per heavy atom. The zero-order valence-corrected chi connectivity index (χ0v) is 17.6. The minimum absolute atomic E-state index is 0.0220. The molecule has 3 aromatic rings. The van der Waals surface area contributed by atoms with Crippen molar-refractivity contribution in [1.29, 1.82) is 0 Å². The molecule has 156 valence electrons. The van der Waals surface area contributed by atoms with Crippen LogP contribution in [0.25, 0.3) is 0 Å². The van der Waals surface area contributed by atoms with Crippen LogP contribution in [0.1, 0.15) is 22.7 Å². The molecule has 6 nitrogen and oxygen atoms in total. The fourth-order valence-electron chi connectivity index (χ4n) is 3.22. The highest BCUT2D eigenvalue weighted by Gasteiger charge is 2.19. The van der Waals surface area contributed by atoms with Gasteiger partial charge in [0.15, 0.2) is 0 Å². The number of hydrogen-bond donors (Lipinski definition) is 2. The first-order valence-corrected chi connectivity index (χ1v) is 10.2. The first kappa shape index (κ1) is 21.5. The van der Waals surface area contributed by atoms with E-state index in [-0.39, 0.29) is 5.91 Å². The topological polar surface area (TPSA) is 70.2 Å². The number of hydrogen-bond acceptors (Lipinski definition) is 5. The number of benzene rings is 1. The van der Waals surface area contributed by atoms with E-state index in [0.29, 0.717) is 13.1 Å². The van der Waals surface area contributed by atoms with Crippen LogP contribution in [0.15, 0.2) is 73.3 Å². The lowest BCUT2D eigenvalue weighted by Gasteiger charge is -2.20. The summed E-state index contributed by atoms with van der Waals surface area (Å²) in [4.78, 5) is 23.2. The van der Waals surface area contributed by atoms with Crippen LogP contribution < -0.4 is 15.5 Å². The highest BCUT2D eigenvalue weighted by atomic mass is 16.2. The van der Waals surface area contributed by atoms with Crippen LogP contribution in [0.4, 0.5) is 5.69 Å². The van der Waals surface area contributed by atoms with Gasteiger partial charge in [-0.1, -0.05) is 18.2 Å². The fraction of sp³-hybridized carbons (Fsp3) is 0.292. The Hall–Kier alpha value is -3.25. The van der Waals surface area contributed by atoms with Crippen molar-refractivity contribution in [2.75, 3.05) is 32.1 Å². The molecular weight excluding hydrogens is 374 g/mol. The molecule has 6 heteroatoms. The van der Waals surface area contributed by atoms with E-state index in [1.54, 1.807) is 18.6 Å². The number of carbonyl (C=O) groups excluding carboxylic acids is 1. The molecule has 0 aliphatic carbocycles. The molecule has 0 aliphatic rings. The van der Waals surface area contributed by atoms with Crippen molar-refractivity contribution in [3.05, 3.63) is 90.0 Å². The van der Waals surface area contributed by atoms with Crippen LogP contribution in [0.5, 0.6) is 0 Å². The number of carbonyl (C=O) groups is 1. The molecule has 2 N–H and O–H groups in total. The second kappa shape index (κ2) is 11.1. The van der Waals surface area contributed by atoms with Crippen LogP contribution in [-0.4, -0.2) is 43.1 Å². The number of amides is 1. The largest absolute Gasteiger partial charge is 0.378 e. The van der Waals surface area contributed by atoms with Gasteiger partial charge in [0.05, 0.1) is 0 Å². The maximum atomic E-state index is 13.0. The van der Waals surface area contributed by atoms with Gasteiger partial charge < -0.3 is 15.5 Å². The third-order valence-corrected chi connectivity index (χ3v) is 4.95. The van der Waals surface area contributed by atoms with Crippen LogP contribution in [0, 0.1) is 0 Å². The molecule has 30 heavy (non-hydrogen) atoms. The zero-order chi connectivity index (χ0) is 21.2. The van der Waals surface area contributed by atoms with Gasteiger partial charge in [0.1, 0.15) is 6.04 Å². The smallest absolute Gasteiger partial charge is 0.241 e. The van der Waals surface area contributed by atoms with E-state index in [1.165, 1.54) is 5.56 Å². The van der Waals surface area contributed by atoms with Gasteiger partial charge in [-0.2, -0.15) is 0 Å². The van der Waals surface area contributed by atoms with E-state index < -0.39 is 6.04 Å². The lowest BCUT2D eigenvalue weighted by atomic mass is 10.0. The first-order valence-electron chi connectivity index (χ1n) is 10.2. The summed E-state index contributed by atoms with van der Waals surface area (Å²) in [6.45, 7) is 1.27. The van der Waals surface area contributed by atoms with E-state index in [0.717, 1.165) is 29.7 Å². The van der Waals surface area contributed by atoms with Crippen LogP contribution in [0.2, 0.25) is 0 Å². The minimum Gasteiger partial charge on any atom is -0.378 e. The standard InChI is InChI=1S/C24H29N5O/c1-29(2)22-7-5-21(6-8-22)23(27-16-11-19-9-14-25-15-10-19)24(30)28-17-12-20-4-3-13-26-18-20/h3-10,13-15,18,23,27H,11-12,16-17H2,1-2H3,(H,28,30). The molecule has 1 atom stereocenters. The van der Waals surface area contributed by atoms with Gasteiger partial charge in [0.25, 0.3) is 0 Å². The Balaban J connectivity index is 1.63. The summed E-state index contributed by atoms with van der Waals surface area (Å²) >= 11 is 0. The molecule has 3 rings (SSSR count). The highest BCUT2D eigenvalue weighted by molar-refractivity contribution is 5.83. The second-order valence-corrected chi connectivity index (χ2v) is 7.38. The monoisotopic (exact) mass is 403 g/mol. The Morgan fingerprint density at radius 3 is 2.30 bits per heavy atom. The summed E-state index contributed by atoms with van der Waals surface area (Å²) in [6, 6.07) is 15.6. The summed E-state index contributed by atoms with van der Waals surface area (Å²) in [7, 11) is 4.01. The number of nitrogens with zero attached hydrogens (tertiary/aromatic N) is 3. The molecule has 1 amide bonds. The molecule has 0 saturated heterocycles. The zero-order valence-electron chi connectivity index (χ0n) is 17.6. The van der Waals surface area contributed by atoms with E-state index in [9.17, 15) is 4.79 Å². The average molecular weight is 404 g/mol. The third-order valence-electron chi connectivity index (χ3n) is 4.95. The molecule has 0 bridgehead atoms. The van der Waals surface area contributed by atoms with E-state index in [2.05, 4.69) is 20.6 Å². The fourth-order valence-corrected chi connectivity index (χ4v) is 3.22. The van der Waals surface area contributed by atoms with Gasteiger partial charge in [0.2, 0.25) is 5.91 Å². The highest BCUT2D eigenvalue weighted by Crippen LogP contribution is 2.18. The maximum Gasteiger partial charge on any atom is 0.241 e. The van der Waals surface area contributed by atoms with Gasteiger partial charge >= 0.3 is 0 Å². The van der Waals surface area contributed by atoms with Crippen molar-refractivity contribution >= 4 is 11.6 Å². The second-order valence-electron chi connectivity index (χ2n) is 7.38. The van der Waals surface area contributed by atoms with Gasteiger partial charge in [-0.15, -0.1) is 0 Å². The maximum absolute atomic E-state index is 13.0. The summed E-state index contributed by atoms with van der Waals surface area (Å²) in [6.07, 6.45) is 8.75. The molecule has 1 unspecified atom stereocenters. The number of rotatable bonds is 10. The van der Waals surface area contributed by atoms with Crippen molar-refractivity contribution in [3.8, 4) is 0 Å². The predicted octanol–water partition coefficient (Wildman–Crippen LogP) is 2.77. The molecule has 0 fully saturated rings.